The van der Waals surface area contributed by atoms with Crippen LogP contribution in [0.2, 0.25) is 0 Å². The minimum atomic E-state index is -4.15. The Kier molecular flexibility index (Phi) is 7.65. The number of benzene rings is 1. The second kappa shape index (κ2) is 10.4. The van der Waals surface area contributed by atoms with Crippen LogP contribution in [0.15, 0.2) is 65.8 Å². The van der Waals surface area contributed by atoms with Crippen LogP contribution < -0.4 is 9.04 Å². The zero-order chi connectivity index (χ0) is 24.0. The molecule has 2 aromatic heterocycles. The van der Waals surface area contributed by atoms with Gasteiger partial charge in [0.05, 0.1) is 25.0 Å². The van der Waals surface area contributed by atoms with Crippen LogP contribution in [0, 0.1) is 13.8 Å². The maximum Gasteiger partial charge on any atom is 0.282 e. The summed E-state index contributed by atoms with van der Waals surface area (Å²) in [4.78, 5) is 23.5. The molecule has 1 aromatic carbocycles. The van der Waals surface area contributed by atoms with Crippen LogP contribution >= 0.6 is 0 Å². The van der Waals surface area contributed by atoms with E-state index < -0.39 is 16.6 Å². The Labute approximate surface area is 194 Å². The van der Waals surface area contributed by atoms with Crippen LogP contribution in [-0.4, -0.2) is 49.4 Å². The number of rotatable bonds is 9. The van der Waals surface area contributed by atoms with Gasteiger partial charge in [-0.05, 0) is 56.7 Å². The number of para-hydroxylation sites is 2. The third-order valence-corrected chi connectivity index (χ3v) is 6.98. The lowest BCUT2D eigenvalue weighted by atomic mass is 10.2. The molecule has 0 radical (unpaired) electrons. The zero-order valence-electron chi connectivity index (χ0n) is 19.2. The summed E-state index contributed by atoms with van der Waals surface area (Å²) in [7, 11) is -2.70. The van der Waals surface area contributed by atoms with Crippen molar-refractivity contribution in [2.45, 2.75) is 32.3 Å². The van der Waals surface area contributed by atoms with Crippen LogP contribution in [0.1, 0.15) is 23.9 Å². The molecule has 9 heteroatoms. The maximum absolute atomic E-state index is 13.7. The summed E-state index contributed by atoms with van der Waals surface area (Å²) >= 11 is 0. The van der Waals surface area contributed by atoms with Gasteiger partial charge in [-0.1, -0.05) is 24.3 Å². The highest BCUT2D eigenvalue weighted by molar-refractivity contribution is 7.92. The van der Waals surface area contributed by atoms with Crippen LogP contribution in [0.4, 0.5) is 5.69 Å². The largest absolute Gasteiger partial charge is 0.495 e. The number of aryl methyl sites for hydroxylation is 2. The smallest absolute Gasteiger partial charge is 0.282 e. The van der Waals surface area contributed by atoms with E-state index in [0.717, 1.165) is 15.7 Å². The van der Waals surface area contributed by atoms with Gasteiger partial charge < -0.3 is 9.64 Å². The molecule has 174 valence electrons. The fraction of sp³-hybridized carbons (Fsp3) is 0.292. The number of carbonyl (C=O) groups is 1. The van der Waals surface area contributed by atoms with Crippen molar-refractivity contribution in [2.24, 2.45) is 0 Å². The van der Waals surface area contributed by atoms with Gasteiger partial charge in [0.2, 0.25) is 5.91 Å². The molecule has 0 saturated heterocycles. The number of likely N-dealkylation sites (N-methyl/N-ethyl adjacent to an activating group) is 1. The predicted molar refractivity (Wildman–Crippen MR) is 127 cm³/mol. The number of hydrogen-bond donors (Lipinski definition) is 0. The molecule has 1 amide bonds. The molecule has 2 heterocycles. The number of aromatic nitrogens is 2. The van der Waals surface area contributed by atoms with Crippen LogP contribution in [0.5, 0.6) is 5.75 Å². The number of sulfonamides is 1. The second-order valence-electron chi connectivity index (χ2n) is 7.49. The normalized spacial score (nSPS) is 11.2. The van der Waals surface area contributed by atoms with Crippen molar-refractivity contribution in [2.75, 3.05) is 24.5 Å². The topological polar surface area (TPSA) is 92.7 Å². The van der Waals surface area contributed by atoms with E-state index in [1.54, 1.807) is 48.2 Å². The van der Waals surface area contributed by atoms with E-state index in [2.05, 4.69) is 9.97 Å². The second-order valence-corrected chi connectivity index (χ2v) is 9.26. The molecule has 8 nitrogen and oxygen atoms in total. The first kappa shape index (κ1) is 24.2. The summed E-state index contributed by atoms with van der Waals surface area (Å²) in [6.07, 6.45) is 1.42. The van der Waals surface area contributed by atoms with E-state index in [9.17, 15) is 13.2 Å². The first-order chi connectivity index (χ1) is 15.8. The Morgan fingerprint density at radius 3 is 2.45 bits per heavy atom. The molecule has 33 heavy (non-hydrogen) atoms. The SMILES string of the molecule is CCN(Cc1cccc(C)n1)C(=O)CN(c1ccccc1OC)S(=O)(=O)c1ncccc1C. The molecule has 0 spiro atoms. The third kappa shape index (κ3) is 5.48. The average molecular weight is 469 g/mol. The molecule has 0 aliphatic rings. The zero-order valence-corrected chi connectivity index (χ0v) is 20.0. The molecule has 0 aliphatic carbocycles. The van der Waals surface area contributed by atoms with Crippen molar-refractivity contribution in [3.8, 4) is 5.75 Å². The summed E-state index contributed by atoms with van der Waals surface area (Å²) in [6, 6.07) is 15.6. The molecule has 0 bridgehead atoms. The highest BCUT2D eigenvalue weighted by Gasteiger charge is 2.32. The Hall–Kier alpha value is -3.46. The lowest BCUT2D eigenvalue weighted by molar-refractivity contribution is -0.130. The van der Waals surface area contributed by atoms with Crippen molar-refractivity contribution in [1.82, 2.24) is 14.9 Å². The number of amides is 1. The average Bonchev–Trinajstić information content (AvgIpc) is 2.81. The molecule has 0 saturated carbocycles. The van der Waals surface area contributed by atoms with Gasteiger partial charge in [-0.15, -0.1) is 0 Å². The summed E-state index contributed by atoms with van der Waals surface area (Å²) in [5.41, 5.74) is 2.33. The maximum atomic E-state index is 13.7. The summed E-state index contributed by atoms with van der Waals surface area (Å²) in [5, 5.41) is -0.105. The minimum Gasteiger partial charge on any atom is -0.495 e. The quantitative estimate of drug-likeness (QED) is 0.478. The lowest BCUT2D eigenvalue weighted by Gasteiger charge is -2.28. The van der Waals surface area contributed by atoms with Crippen molar-refractivity contribution in [1.29, 1.82) is 0 Å². The molecule has 0 atom stereocenters. The number of methoxy groups -OCH3 is 1. The molecule has 0 unspecified atom stereocenters. The lowest BCUT2D eigenvalue weighted by Crippen LogP contribution is -2.43. The van der Waals surface area contributed by atoms with Crippen molar-refractivity contribution >= 4 is 21.6 Å². The first-order valence-electron chi connectivity index (χ1n) is 10.6. The monoisotopic (exact) mass is 468 g/mol. The van der Waals surface area contributed by atoms with Crippen LogP contribution in [-0.2, 0) is 21.4 Å². The summed E-state index contributed by atoms with van der Waals surface area (Å²) in [5.74, 6) is -0.0188. The standard InChI is InChI=1S/C24H28N4O4S/c1-5-27(16-20-12-8-11-19(3)26-20)23(29)17-28(21-13-6-7-14-22(21)32-4)33(30,31)24-18(2)10-9-15-25-24/h6-15H,5,16-17H2,1-4H3. The van der Waals surface area contributed by atoms with Crippen molar-refractivity contribution in [3.63, 3.8) is 0 Å². The molecule has 0 N–H and O–H groups in total. The molecule has 3 rings (SSSR count). The Morgan fingerprint density at radius 1 is 1.03 bits per heavy atom. The number of pyridine rings is 2. The van der Waals surface area contributed by atoms with Gasteiger partial charge in [0, 0.05) is 18.4 Å². The van der Waals surface area contributed by atoms with Gasteiger partial charge >= 0.3 is 0 Å². The Balaban J connectivity index is 2.01. The summed E-state index contributed by atoms with van der Waals surface area (Å²) < 4.78 is 33.9. The molecule has 3 aromatic rings. The number of anilines is 1. The number of hydrogen-bond acceptors (Lipinski definition) is 6. The number of carbonyl (C=O) groups excluding carboxylic acids is 1. The van der Waals surface area contributed by atoms with Crippen molar-refractivity contribution in [3.05, 3.63) is 77.7 Å². The van der Waals surface area contributed by atoms with E-state index in [-0.39, 0.29) is 23.2 Å². The van der Waals surface area contributed by atoms with Crippen LogP contribution in [0.25, 0.3) is 0 Å². The minimum absolute atomic E-state index is 0.105. The third-order valence-electron chi connectivity index (χ3n) is 5.16. The van der Waals surface area contributed by atoms with Gasteiger partial charge in [0.25, 0.3) is 10.0 Å². The molecule has 0 fully saturated rings. The van der Waals surface area contributed by atoms with Gasteiger partial charge in [0.1, 0.15) is 12.3 Å². The summed E-state index contributed by atoms with van der Waals surface area (Å²) in [6.45, 7) is 5.67. The highest BCUT2D eigenvalue weighted by atomic mass is 32.2. The molecule has 0 aliphatic heterocycles. The van der Waals surface area contributed by atoms with E-state index in [4.69, 9.17) is 4.74 Å². The van der Waals surface area contributed by atoms with E-state index in [1.807, 2.05) is 32.0 Å². The predicted octanol–water partition coefficient (Wildman–Crippen LogP) is 3.35. The van der Waals surface area contributed by atoms with E-state index in [0.29, 0.717) is 17.9 Å². The Bertz CT molecular complexity index is 1230. The fourth-order valence-electron chi connectivity index (χ4n) is 3.46. The number of nitrogens with zero attached hydrogens (tertiary/aromatic N) is 4. The van der Waals surface area contributed by atoms with E-state index in [1.165, 1.54) is 13.3 Å². The van der Waals surface area contributed by atoms with Crippen molar-refractivity contribution < 1.29 is 17.9 Å². The Morgan fingerprint density at radius 2 is 1.79 bits per heavy atom. The number of ether oxygens (including phenoxy) is 1. The first-order valence-corrected chi connectivity index (χ1v) is 12.0. The molecular weight excluding hydrogens is 440 g/mol. The van der Waals surface area contributed by atoms with Gasteiger partial charge in [-0.25, -0.2) is 4.98 Å². The van der Waals surface area contributed by atoms with Gasteiger partial charge in [-0.3, -0.25) is 14.1 Å². The van der Waals surface area contributed by atoms with Crippen LogP contribution in [0.3, 0.4) is 0 Å². The van der Waals surface area contributed by atoms with Gasteiger partial charge in [-0.2, -0.15) is 8.42 Å². The van der Waals surface area contributed by atoms with Gasteiger partial charge in [0.15, 0.2) is 5.03 Å². The molecular formula is C24H28N4O4S. The van der Waals surface area contributed by atoms with E-state index >= 15 is 0 Å². The highest BCUT2D eigenvalue weighted by Crippen LogP contribution is 2.32. The fourth-order valence-corrected chi connectivity index (χ4v) is 5.03.